The maximum absolute atomic E-state index is 12.0. The number of rotatable bonds is 5. The summed E-state index contributed by atoms with van der Waals surface area (Å²) in [6.45, 7) is 4.68. The smallest absolute Gasteiger partial charge is 0.239 e. The summed E-state index contributed by atoms with van der Waals surface area (Å²) in [4.78, 5) is 13.7. The molecule has 1 aromatic rings. The van der Waals surface area contributed by atoms with Crippen molar-refractivity contribution in [3.8, 4) is 0 Å². The Morgan fingerprint density at radius 2 is 1.89 bits per heavy atom. The molecule has 0 saturated carbocycles. The molecule has 4 heteroatoms. The third-order valence-electron chi connectivity index (χ3n) is 2.75. The van der Waals surface area contributed by atoms with Gasteiger partial charge in [0.2, 0.25) is 5.91 Å². The van der Waals surface area contributed by atoms with Gasteiger partial charge in [0.25, 0.3) is 0 Å². The predicted molar refractivity (Wildman–Crippen MR) is 75.4 cm³/mol. The average Bonchev–Trinajstić information content (AvgIpc) is 2.30. The highest BCUT2D eigenvalue weighted by Gasteiger charge is 2.18. The molecule has 0 radical (unpaired) electrons. The van der Waals surface area contributed by atoms with Gasteiger partial charge in [0.05, 0.1) is 6.04 Å². The number of nitrogens with zero attached hydrogens (tertiary/aromatic N) is 1. The lowest BCUT2D eigenvalue weighted by Crippen LogP contribution is -2.42. The van der Waals surface area contributed by atoms with E-state index in [0.29, 0.717) is 23.9 Å². The Bertz CT molecular complexity index is 389. The Labute approximate surface area is 114 Å². The maximum Gasteiger partial charge on any atom is 0.239 e. The Hall–Kier alpha value is -1.06. The summed E-state index contributed by atoms with van der Waals surface area (Å²) in [6, 6.07) is 7.06. The van der Waals surface area contributed by atoms with Gasteiger partial charge < -0.3 is 10.6 Å². The Kier molecular flexibility index (Phi) is 5.63. The third-order valence-corrected chi connectivity index (χ3v) is 3.00. The van der Waals surface area contributed by atoms with Crippen molar-refractivity contribution < 1.29 is 4.79 Å². The van der Waals surface area contributed by atoms with Gasteiger partial charge in [-0.15, -0.1) is 0 Å². The van der Waals surface area contributed by atoms with Crippen LogP contribution in [0.5, 0.6) is 0 Å². The zero-order valence-electron chi connectivity index (χ0n) is 11.2. The molecule has 1 atom stereocenters. The molecule has 0 fully saturated rings. The highest BCUT2D eigenvalue weighted by molar-refractivity contribution is 6.30. The number of carbonyl (C=O) groups excluding carboxylic acids is 1. The van der Waals surface area contributed by atoms with E-state index in [2.05, 4.69) is 13.8 Å². The number of carbonyl (C=O) groups is 1. The molecular weight excluding hydrogens is 248 g/mol. The van der Waals surface area contributed by atoms with Crippen LogP contribution in [0.15, 0.2) is 24.3 Å². The molecule has 1 rings (SSSR count). The van der Waals surface area contributed by atoms with Gasteiger partial charge in [0.15, 0.2) is 0 Å². The number of hydrogen-bond acceptors (Lipinski definition) is 2. The molecule has 0 aliphatic carbocycles. The molecule has 0 aromatic heterocycles. The first-order valence-electron chi connectivity index (χ1n) is 6.15. The molecule has 0 spiro atoms. The number of hydrogen-bond donors (Lipinski definition) is 1. The van der Waals surface area contributed by atoms with Crippen LogP contribution in [0.3, 0.4) is 0 Å². The van der Waals surface area contributed by atoms with Crippen molar-refractivity contribution in [2.75, 3.05) is 7.05 Å². The predicted octanol–water partition coefficient (Wildman–Crippen LogP) is 2.67. The summed E-state index contributed by atoms with van der Waals surface area (Å²) in [5.41, 5.74) is 6.93. The summed E-state index contributed by atoms with van der Waals surface area (Å²) < 4.78 is 0. The molecule has 18 heavy (non-hydrogen) atoms. The second kappa shape index (κ2) is 6.76. The fourth-order valence-corrected chi connectivity index (χ4v) is 1.96. The van der Waals surface area contributed by atoms with Crippen molar-refractivity contribution in [3.05, 3.63) is 34.9 Å². The van der Waals surface area contributed by atoms with E-state index in [1.54, 1.807) is 11.9 Å². The van der Waals surface area contributed by atoms with Gasteiger partial charge in [-0.05, 0) is 30.0 Å². The van der Waals surface area contributed by atoms with E-state index in [0.717, 1.165) is 5.56 Å². The molecule has 1 aromatic carbocycles. The van der Waals surface area contributed by atoms with Crippen LogP contribution in [0, 0.1) is 5.92 Å². The van der Waals surface area contributed by atoms with Crippen LogP contribution in [0.1, 0.15) is 25.8 Å². The zero-order chi connectivity index (χ0) is 13.7. The summed E-state index contributed by atoms with van der Waals surface area (Å²) in [6.07, 6.45) is 0.712. The maximum atomic E-state index is 12.0. The van der Waals surface area contributed by atoms with Gasteiger partial charge in [-0.2, -0.15) is 0 Å². The minimum atomic E-state index is -0.415. The lowest BCUT2D eigenvalue weighted by molar-refractivity contribution is -0.132. The molecule has 1 unspecified atom stereocenters. The molecule has 3 nitrogen and oxygen atoms in total. The van der Waals surface area contributed by atoms with E-state index in [1.807, 2.05) is 24.3 Å². The van der Waals surface area contributed by atoms with Crippen molar-refractivity contribution in [2.24, 2.45) is 11.7 Å². The molecule has 0 bridgehead atoms. The molecule has 2 N–H and O–H groups in total. The second-order valence-electron chi connectivity index (χ2n) is 5.06. The average molecular weight is 269 g/mol. The van der Waals surface area contributed by atoms with Crippen molar-refractivity contribution in [2.45, 2.75) is 32.9 Å². The van der Waals surface area contributed by atoms with Crippen LogP contribution in [-0.4, -0.2) is 23.9 Å². The highest BCUT2D eigenvalue weighted by atomic mass is 35.5. The van der Waals surface area contributed by atoms with Crippen molar-refractivity contribution in [3.63, 3.8) is 0 Å². The monoisotopic (exact) mass is 268 g/mol. The second-order valence-corrected chi connectivity index (χ2v) is 5.49. The van der Waals surface area contributed by atoms with Gasteiger partial charge >= 0.3 is 0 Å². The first kappa shape index (κ1) is 15.0. The molecule has 0 heterocycles. The summed E-state index contributed by atoms with van der Waals surface area (Å²) in [5.74, 6) is 0.409. The fourth-order valence-electron chi connectivity index (χ4n) is 1.83. The molecule has 0 saturated heterocycles. The van der Waals surface area contributed by atoms with E-state index < -0.39 is 6.04 Å². The fraction of sp³-hybridized carbons (Fsp3) is 0.500. The van der Waals surface area contributed by atoms with Crippen molar-refractivity contribution in [1.29, 1.82) is 0 Å². The van der Waals surface area contributed by atoms with Gasteiger partial charge in [-0.1, -0.05) is 37.6 Å². The largest absolute Gasteiger partial charge is 0.340 e. The topological polar surface area (TPSA) is 46.3 Å². The lowest BCUT2D eigenvalue weighted by Gasteiger charge is -2.22. The van der Waals surface area contributed by atoms with Gasteiger partial charge in [0.1, 0.15) is 0 Å². The Morgan fingerprint density at radius 1 is 1.33 bits per heavy atom. The van der Waals surface area contributed by atoms with Crippen molar-refractivity contribution >= 4 is 17.5 Å². The van der Waals surface area contributed by atoms with Gasteiger partial charge in [-0.3, -0.25) is 4.79 Å². The molecule has 1 amide bonds. The number of amides is 1. The lowest BCUT2D eigenvalue weighted by atomic mass is 10.0. The minimum Gasteiger partial charge on any atom is -0.340 e. The third kappa shape index (κ3) is 4.67. The number of halogens is 1. The number of likely N-dealkylation sites (N-methyl/N-ethyl adjacent to an activating group) is 1. The Balaban J connectivity index is 2.56. The summed E-state index contributed by atoms with van der Waals surface area (Å²) >= 11 is 5.82. The van der Waals surface area contributed by atoms with E-state index in [1.165, 1.54) is 0 Å². The first-order valence-corrected chi connectivity index (χ1v) is 6.53. The van der Waals surface area contributed by atoms with Crippen LogP contribution in [-0.2, 0) is 11.3 Å². The molecular formula is C14H21ClN2O. The van der Waals surface area contributed by atoms with Gasteiger partial charge in [-0.25, -0.2) is 0 Å². The van der Waals surface area contributed by atoms with Crippen LogP contribution in [0.25, 0.3) is 0 Å². The standard InChI is InChI=1S/C14H21ClN2O/c1-10(2)8-13(16)14(18)17(3)9-11-4-6-12(15)7-5-11/h4-7,10,13H,8-9,16H2,1-3H3. The number of nitrogens with two attached hydrogens (primary N) is 1. The van der Waals surface area contributed by atoms with E-state index in [4.69, 9.17) is 17.3 Å². The molecule has 100 valence electrons. The van der Waals surface area contributed by atoms with E-state index in [9.17, 15) is 4.79 Å². The zero-order valence-corrected chi connectivity index (χ0v) is 11.9. The molecule has 0 aliphatic rings. The van der Waals surface area contributed by atoms with Gasteiger partial charge in [0, 0.05) is 18.6 Å². The minimum absolute atomic E-state index is 0.0151. The molecule has 0 aliphatic heterocycles. The SMILES string of the molecule is CC(C)CC(N)C(=O)N(C)Cc1ccc(Cl)cc1. The van der Waals surface area contributed by atoms with E-state index in [-0.39, 0.29) is 5.91 Å². The van der Waals surface area contributed by atoms with Crippen LogP contribution >= 0.6 is 11.6 Å². The normalized spacial score (nSPS) is 12.6. The Morgan fingerprint density at radius 3 is 2.39 bits per heavy atom. The van der Waals surface area contributed by atoms with E-state index >= 15 is 0 Å². The quantitative estimate of drug-likeness (QED) is 0.892. The van der Waals surface area contributed by atoms with Crippen molar-refractivity contribution in [1.82, 2.24) is 4.90 Å². The van der Waals surface area contributed by atoms with Crippen LogP contribution in [0.2, 0.25) is 5.02 Å². The summed E-state index contributed by atoms with van der Waals surface area (Å²) in [7, 11) is 1.77. The first-order chi connectivity index (χ1) is 8.40. The van der Waals surface area contributed by atoms with Crippen LogP contribution < -0.4 is 5.73 Å². The number of benzene rings is 1. The van der Waals surface area contributed by atoms with Crippen LogP contribution in [0.4, 0.5) is 0 Å². The summed E-state index contributed by atoms with van der Waals surface area (Å²) in [5, 5.41) is 0.698. The highest BCUT2D eigenvalue weighted by Crippen LogP contribution is 2.12.